The molecule has 2 aromatic carbocycles. The standard InChI is InChI=1S/C18H16ClN3O4S/c1-11(12-6-8-13(9-7-12)27(20,24)25)21-18(23)16-10-17(26-22-16)14-4-2-3-5-15(14)19/h2-11H,1H3,(H,21,23)(H2,20,24,25)/t11-/m0/s1. The Morgan fingerprint density at radius 1 is 1.19 bits per heavy atom. The van der Waals surface area contributed by atoms with Crippen molar-refractivity contribution in [3.63, 3.8) is 0 Å². The third kappa shape index (κ3) is 4.36. The Bertz CT molecular complexity index is 1080. The molecule has 3 N–H and O–H groups in total. The van der Waals surface area contributed by atoms with E-state index >= 15 is 0 Å². The zero-order valence-corrected chi connectivity index (χ0v) is 15.8. The minimum absolute atomic E-state index is 0.00524. The van der Waals surface area contributed by atoms with Crippen molar-refractivity contribution in [3.8, 4) is 11.3 Å². The van der Waals surface area contributed by atoms with Crippen LogP contribution in [-0.2, 0) is 10.0 Å². The van der Waals surface area contributed by atoms with Crippen LogP contribution in [0.15, 0.2) is 64.0 Å². The Kier molecular flexibility index (Phi) is 5.31. The van der Waals surface area contributed by atoms with Gasteiger partial charge in [-0.25, -0.2) is 13.6 Å². The van der Waals surface area contributed by atoms with Gasteiger partial charge in [-0.15, -0.1) is 0 Å². The number of rotatable bonds is 5. The predicted molar refractivity (Wildman–Crippen MR) is 101 cm³/mol. The van der Waals surface area contributed by atoms with Crippen LogP contribution in [0.1, 0.15) is 29.0 Å². The van der Waals surface area contributed by atoms with E-state index in [1.54, 1.807) is 43.3 Å². The van der Waals surface area contributed by atoms with E-state index in [0.29, 0.717) is 21.9 Å². The third-order valence-electron chi connectivity index (χ3n) is 3.94. The zero-order chi connectivity index (χ0) is 19.6. The van der Waals surface area contributed by atoms with Crippen molar-refractivity contribution in [2.45, 2.75) is 17.9 Å². The Hall–Kier alpha value is -2.68. The number of primary sulfonamides is 1. The largest absolute Gasteiger partial charge is 0.355 e. The molecule has 0 saturated carbocycles. The highest BCUT2D eigenvalue weighted by Gasteiger charge is 2.18. The van der Waals surface area contributed by atoms with Gasteiger partial charge in [0.05, 0.1) is 16.0 Å². The van der Waals surface area contributed by atoms with Crippen molar-refractivity contribution >= 4 is 27.5 Å². The van der Waals surface area contributed by atoms with Crippen molar-refractivity contribution in [2.24, 2.45) is 5.14 Å². The summed E-state index contributed by atoms with van der Waals surface area (Å²) in [4.78, 5) is 12.4. The lowest BCUT2D eigenvalue weighted by Crippen LogP contribution is -2.26. The normalized spacial score (nSPS) is 12.6. The molecule has 3 aromatic rings. The van der Waals surface area contributed by atoms with Gasteiger partial charge in [0.25, 0.3) is 5.91 Å². The van der Waals surface area contributed by atoms with E-state index in [1.807, 2.05) is 0 Å². The van der Waals surface area contributed by atoms with E-state index in [2.05, 4.69) is 10.5 Å². The van der Waals surface area contributed by atoms with Crippen LogP contribution < -0.4 is 10.5 Å². The smallest absolute Gasteiger partial charge is 0.273 e. The number of carbonyl (C=O) groups is 1. The van der Waals surface area contributed by atoms with Crippen molar-refractivity contribution in [3.05, 3.63) is 70.9 Å². The number of benzene rings is 2. The van der Waals surface area contributed by atoms with Gasteiger partial charge in [0.2, 0.25) is 10.0 Å². The molecule has 1 aromatic heterocycles. The first kappa shape index (κ1) is 19.1. The van der Waals surface area contributed by atoms with Gasteiger partial charge >= 0.3 is 0 Å². The van der Waals surface area contributed by atoms with Crippen LogP contribution in [0.25, 0.3) is 11.3 Å². The molecule has 7 nitrogen and oxygen atoms in total. The number of nitrogens with one attached hydrogen (secondary N) is 1. The average Bonchev–Trinajstić information content (AvgIpc) is 3.11. The van der Waals surface area contributed by atoms with Gasteiger partial charge < -0.3 is 9.84 Å². The summed E-state index contributed by atoms with van der Waals surface area (Å²) in [6, 6.07) is 14.1. The Balaban J connectivity index is 1.73. The quantitative estimate of drug-likeness (QED) is 0.676. The number of aromatic nitrogens is 1. The highest BCUT2D eigenvalue weighted by molar-refractivity contribution is 7.89. The molecule has 3 rings (SSSR count). The second kappa shape index (κ2) is 7.51. The summed E-state index contributed by atoms with van der Waals surface area (Å²) in [7, 11) is -3.76. The van der Waals surface area contributed by atoms with Gasteiger partial charge in [-0.3, -0.25) is 4.79 Å². The molecular formula is C18H16ClN3O4S. The van der Waals surface area contributed by atoms with Crippen LogP contribution in [-0.4, -0.2) is 19.5 Å². The summed E-state index contributed by atoms with van der Waals surface area (Å²) < 4.78 is 27.8. The molecule has 140 valence electrons. The summed E-state index contributed by atoms with van der Waals surface area (Å²) in [5.41, 5.74) is 1.46. The summed E-state index contributed by atoms with van der Waals surface area (Å²) in [5, 5.41) is 12.1. The first-order chi connectivity index (χ1) is 12.8. The second-order valence-corrected chi connectivity index (χ2v) is 7.83. The highest BCUT2D eigenvalue weighted by Crippen LogP contribution is 2.28. The monoisotopic (exact) mass is 405 g/mol. The molecule has 1 atom stereocenters. The van der Waals surface area contributed by atoms with Crippen LogP contribution in [0.2, 0.25) is 5.02 Å². The number of sulfonamides is 1. The number of halogens is 1. The lowest BCUT2D eigenvalue weighted by molar-refractivity contribution is 0.0931. The number of nitrogens with zero attached hydrogens (tertiary/aromatic N) is 1. The molecule has 27 heavy (non-hydrogen) atoms. The molecule has 1 heterocycles. The van der Waals surface area contributed by atoms with E-state index in [9.17, 15) is 13.2 Å². The lowest BCUT2D eigenvalue weighted by Gasteiger charge is -2.13. The fourth-order valence-corrected chi connectivity index (χ4v) is 3.21. The van der Waals surface area contributed by atoms with Crippen molar-refractivity contribution in [1.82, 2.24) is 10.5 Å². The van der Waals surface area contributed by atoms with E-state index in [1.165, 1.54) is 18.2 Å². The third-order valence-corrected chi connectivity index (χ3v) is 5.20. The number of hydrogen-bond donors (Lipinski definition) is 2. The first-order valence-electron chi connectivity index (χ1n) is 7.91. The van der Waals surface area contributed by atoms with Crippen LogP contribution >= 0.6 is 11.6 Å². The molecule has 0 radical (unpaired) electrons. The van der Waals surface area contributed by atoms with E-state index in [-0.39, 0.29) is 16.6 Å². The van der Waals surface area contributed by atoms with Crippen LogP contribution in [0.4, 0.5) is 0 Å². The second-order valence-electron chi connectivity index (χ2n) is 5.87. The van der Waals surface area contributed by atoms with Crippen LogP contribution in [0.3, 0.4) is 0 Å². The van der Waals surface area contributed by atoms with Crippen LogP contribution in [0, 0.1) is 0 Å². The summed E-state index contributed by atoms with van der Waals surface area (Å²) in [5.74, 6) is -0.0454. The fraction of sp³-hybridized carbons (Fsp3) is 0.111. The Morgan fingerprint density at radius 2 is 1.85 bits per heavy atom. The molecule has 0 aliphatic rings. The topological polar surface area (TPSA) is 115 Å². The molecule has 0 unspecified atom stereocenters. The van der Waals surface area contributed by atoms with Gasteiger partial charge in [0.15, 0.2) is 11.5 Å². The molecule has 0 bridgehead atoms. The van der Waals surface area contributed by atoms with Gasteiger partial charge in [-0.1, -0.05) is 41.0 Å². The molecule has 0 aliphatic heterocycles. The molecular weight excluding hydrogens is 390 g/mol. The minimum Gasteiger partial charge on any atom is -0.355 e. The van der Waals surface area contributed by atoms with E-state index in [4.69, 9.17) is 21.3 Å². The van der Waals surface area contributed by atoms with Gasteiger partial charge in [-0.05, 0) is 36.8 Å². The average molecular weight is 406 g/mol. The summed E-state index contributed by atoms with van der Waals surface area (Å²) in [6.45, 7) is 1.76. The number of nitrogens with two attached hydrogens (primary N) is 1. The van der Waals surface area contributed by atoms with Crippen molar-refractivity contribution in [1.29, 1.82) is 0 Å². The SMILES string of the molecule is C[C@H](NC(=O)c1cc(-c2ccccc2Cl)on1)c1ccc(S(N)(=O)=O)cc1. The molecule has 0 fully saturated rings. The van der Waals surface area contributed by atoms with Gasteiger partial charge in [0, 0.05) is 11.6 Å². The van der Waals surface area contributed by atoms with E-state index < -0.39 is 15.9 Å². The fourth-order valence-electron chi connectivity index (χ4n) is 2.47. The highest BCUT2D eigenvalue weighted by atomic mass is 35.5. The van der Waals surface area contributed by atoms with Gasteiger partial charge in [0.1, 0.15) is 0 Å². The summed E-state index contributed by atoms with van der Waals surface area (Å²) in [6.07, 6.45) is 0. The van der Waals surface area contributed by atoms with Crippen molar-refractivity contribution in [2.75, 3.05) is 0 Å². The molecule has 0 spiro atoms. The maximum atomic E-state index is 12.4. The first-order valence-corrected chi connectivity index (χ1v) is 9.83. The number of amides is 1. The van der Waals surface area contributed by atoms with Crippen molar-refractivity contribution < 1.29 is 17.7 Å². The lowest BCUT2D eigenvalue weighted by atomic mass is 10.1. The molecule has 0 aliphatic carbocycles. The number of carbonyl (C=O) groups excluding carboxylic acids is 1. The predicted octanol–water partition coefficient (Wildman–Crippen LogP) is 3.13. The Labute approximate surface area is 161 Å². The van der Waals surface area contributed by atoms with Gasteiger partial charge in [-0.2, -0.15) is 0 Å². The maximum absolute atomic E-state index is 12.4. The molecule has 0 saturated heterocycles. The minimum atomic E-state index is -3.76. The zero-order valence-electron chi connectivity index (χ0n) is 14.2. The van der Waals surface area contributed by atoms with E-state index in [0.717, 1.165) is 0 Å². The molecule has 9 heteroatoms. The maximum Gasteiger partial charge on any atom is 0.273 e. The Morgan fingerprint density at radius 3 is 2.48 bits per heavy atom. The van der Waals surface area contributed by atoms with Crippen LogP contribution in [0.5, 0.6) is 0 Å². The molecule has 1 amide bonds. The number of hydrogen-bond acceptors (Lipinski definition) is 5. The summed E-state index contributed by atoms with van der Waals surface area (Å²) >= 11 is 6.12.